The van der Waals surface area contributed by atoms with E-state index in [1.807, 2.05) is 11.8 Å². The molecule has 2 bridgehead atoms. The Kier molecular flexibility index (Phi) is 5.15. The van der Waals surface area contributed by atoms with Crippen molar-refractivity contribution in [2.24, 2.45) is 0 Å². The molecule has 0 radical (unpaired) electrons. The summed E-state index contributed by atoms with van der Waals surface area (Å²) in [6.45, 7) is 10.5. The van der Waals surface area contributed by atoms with Gasteiger partial charge in [-0.2, -0.15) is 4.98 Å². The Bertz CT molecular complexity index is 1270. The number of amides is 1. The number of hydrogen-bond donors (Lipinski definition) is 1. The quantitative estimate of drug-likeness (QED) is 0.573. The number of rotatable bonds is 1. The summed E-state index contributed by atoms with van der Waals surface area (Å²) >= 11 is 6.13. The van der Waals surface area contributed by atoms with Crippen molar-refractivity contribution >= 4 is 40.3 Å². The topological polar surface area (TPSA) is 105 Å². The molecule has 35 heavy (non-hydrogen) atoms. The van der Waals surface area contributed by atoms with E-state index in [1.165, 1.54) is 4.90 Å². The predicted octanol–water partition coefficient (Wildman–Crippen LogP) is 4.23. The second-order valence-corrected chi connectivity index (χ2v) is 11.0. The minimum atomic E-state index is -1.53. The van der Waals surface area contributed by atoms with Crippen LogP contribution in [-0.4, -0.2) is 67.9 Å². The van der Waals surface area contributed by atoms with Crippen molar-refractivity contribution in [3.8, 4) is 5.88 Å². The average Bonchev–Trinajstić information content (AvgIpc) is 2.97. The van der Waals surface area contributed by atoms with E-state index in [4.69, 9.17) is 26.1 Å². The van der Waals surface area contributed by atoms with Gasteiger partial charge in [0.1, 0.15) is 17.5 Å². The first-order valence-corrected chi connectivity index (χ1v) is 12.0. The monoisotopic (exact) mass is 506 g/mol. The minimum Gasteiger partial charge on any atom is -0.479 e. The largest absolute Gasteiger partial charge is 0.479 e. The molecule has 1 N–H and O–H groups in total. The highest BCUT2D eigenvalue weighted by atomic mass is 35.5. The molecule has 0 saturated carbocycles. The molecule has 3 aliphatic rings. The zero-order valence-electron chi connectivity index (χ0n) is 20.5. The van der Waals surface area contributed by atoms with E-state index in [-0.39, 0.29) is 29.4 Å². The third-order valence-corrected chi connectivity index (χ3v) is 7.60. The van der Waals surface area contributed by atoms with Crippen LogP contribution in [0.4, 0.5) is 15.0 Å². The molecule has 2 fully saturated rings. The standard InChI is InChI=1S/C24H28ClFN4O5/c1-10-11(2)27-19-15-14(10)16(26)18(25)28-20(15)34-12(3)17-13-7-8-24(21(31)32,9-29(17)19)30(13)22(33)35-23(4,5)6/h12-13,17H,7-9H2,1-6H3,(H,31,32)/t12?,13-,17+,24+/m0/s1. The van der Waals surface area contributed by atoms with Crippen LogP contribution in [0.2, 0.25) is 5.15 Å². The lowest BCUT2D eigenvalue weighted by molar-refractivity contribution is -0.151. The number of nitrogens with zero attached hydrogens (tertiary/aromatic N) is 4. The van der Waals surface area contributed by atoms with Gasteiger partial charge in [0, 0.05) is 11.1 Å². The van der Waals surface area contributed by atoms with Gasteiger partial charge >= 0.3 is 12.1 Å². The first kappa shape index (κ1) is 23.8. The van der Waals surface area contributed by atoms with Crippen molar-refractivity contribution in [3.05, 3.63) is 22.2 Å². The maximum Gasteiger partial charge on any atom is 0.411 e. The Morgan fingerprint density at radius 2 is 1.94 bits per heavy atom. The molecule has 9 nitrogen and oxygen atoms in total. The van der Waals surface area contributed by atoms with Crippen LogP contribution in [0, 0.1) is 19.7 Å². The number of carboxylic acid groups (broad SMARTS) is 1. The molecule has 4 atom stereocenters. The molecule has 0 aromatic carbocycles. The molecule has 5 heterocycles. The molecule has 2 aromatic heterocycles. The number of hydrogen-bond acceptors (Lipinski definition) is 7. The molecule has 0 spiro atoms. The second kappa shape index (κ2) is 7.56. The number of anilines is 1. The van der Waals surface area contributed by atoms with Crippen molar-refractivity contribution in [2.75, 3.05) is 11.4 Å². The fourth-order valence-electron chi connectivity index (χ4n) is 5.80. The number of carbonyl (C=O) groups excluding carboxylic acids is 1. The molecule has 5 rings (SSSR count). The maximum atomic E-state index is 15.2. The highest BCUT2D eigenvalue weighted by Gasteiger charge is 2.64. The smallest absolute Gasteiger partial charge is 0.411 e. The van der Waals surface area contributed by atoms with Crippen molar-refractivity contribution in [3.63, 3.8) is 0 Å². The average molecular weight is 507 g/mol. The normalized spacial score (nSPS) is 27.4. The number of pyridine rings is 2. The van der Waals surface area contributed by atoms with E-state index < -0.39 is 47.2 Å². The fourth-order valence-corrected chi connectivity index (χ4v) is 5.97. The molecular weight excluding hydrogens is 479 g/mol. The first-order valence-electron chi connectivity index (χ1n) is 11.6. The summed E-state index contributed by atoms with van der Waals surface area (Å²) in [6.07, 6.45) is -0.531. The highest BCUT2D eigenvalue weighted by molar-refractivity contribution is 6.30. The van der Waals surface area contributed by atoms with Crippen molar-refractivity contribution in [2.45, 2.75) is 83.7 Å². The van der Waals surface area contributed by atoms with Gasteiger partial charge in [-0.3, -0.25) is 4.90 Å². The SMILES string of the molecule is Cc1nc2c3c(nc(Cl)c(F)c3c1C)OC(C)[C@@H]1[C@@H]3CC[C@](C(=O)O)(CN21)N3C(=O)OC(C)(C)C. The minimum absolute atomic E-state index is 0.0509. The van der Waals surface area contributed by atoms with E-state index in [1.54, 1.807) is 34.6 Å². The first-order chi connectivity index (χ1) is 16.3. The zero-order chi connectivity index (χ0) is 25.6. The van der Waals surface area contributed by atoms with E-state index in [2.05, 4.69) is 4.98 Å². The maximum absolute atomic E-state index is 15.2. The van der Waals surface area contributed by atoms with Gasteiger partial charge in [-0.05, 0) is 59.9 Å². The molecule has 3 aliphatic heterocycles. The fraction of sp³-hybridized carbons (Fsp3) is 0.583. The molecule has 1 unspecified atom stereocenters. The van der Waals surface area contributed by atoms with Gasteiger partial charge in [0.2, 0.25) is 5.88 Å². The van der Waals surface area contributed by atoms with Crippen LogP contribution in [0.25, 0.3) is 10.8 Å². The number of halogens is 2. The highest BCUT2D eigenvalue weighted by Crippen LogP contribution is 2.50. The Hall–Kier alpha value is -2.88. The molecule has 188 valence electrons. The van der Waals surface area contributed by atoms with Crippen LogP contribution in [0.5, 0.6) is 5.88 Å². The lowest BCUT2D eigenvalue weighted by Crippen LogP contribution is -2.72. The van der Waals surface area contributed by atoms with Crippen LogP contribution in [-0.2, 0) is 9.53 Å². The summed E-state index contributed by atoms with van der Waals surface area (Å²) < 4.78 is 27.1. The number of aryl methyl sites for hydroxylation is 2. The van der Waals surface area contributed by atoms with Gasteiger partial charge in [-0.25, -0.2) is 19.0 Å². The van der Waals surface area contributed by atoms with Crippen molar-refractivity contribution < 1.29 is 28.6 Å². The van der Waals surface area contributed by atoms with E-state index >= 15 is 4.39 Å². The number of ether oxygens (including phenoxy) is 2. The van der Waals surface area contributed by atoms with Gasteiger partial charge in [-0.15, -0.1) is 0 Å². The summed E-state index contributed by atoms with van der Waals surface area (Å²) in [5.41, 5.74) is -1.14. The molecular formula is C24H28ClFN4O5. The van der Waals surface area contributed by atoms with E-state index in [0.717, 1.165) is 0 Å². The lowest BCUT2D eigenvalue weighted by atomic mass is 9.91. The molecule has 2 aromatic rings. The zero-order valence-corrected chi connectivity index (χ0v) is 21.2. The summed E-state index contributed by atoms with van der Waals surface area (Å²) in [5.74, 6) is -1.27. The second-order valence-electron chi connectivity index (χ2n) is 10.7. The summed E-state index contributed by atoms with van der Waals surface area (Å²) in [4.78, 5) is 38.2. The number of aliphatic carboxylic acids is 1. The van der Waals surface area contributed by atoms with E-state index in [0.29, 0.717) is 28.9 Å². The molecule has 1 amide bonds. The Morgan fingerprint density at radius 3 is 2.57 bits per heavy atom. The summed E-state index contributed by atoms with van der Waals surface area (Å²) in [7, 11) is 0. The Morgan fingerprint density at radius 1 is 1.26 bits per heavy atom. The number of fused-ring (bicyclic) bond motifs is 5. The van der Waals surface area contributed by atoms with Crippen molar-refractivity contribution in [1.82, 2.24) is 14.9 Å². The summed E-state index contributed by atoms with van der Waals surface area (Å²) in [6, 6.07) is -0.996. The van der Waals surface area contributed by atoms with Crippen LogP contribution >= 0.6 is 11.6 Å². The summed E-state index contributed by atoms with van der Waals surface area (Å²) in [5, 5.41) is 10.7. The van der Waals surface area contributed by atoms with E-state index in [9.17, 15) is 14.7 Å². The van der Waals surface area contributed by atoms with Crippen molar-refractivity contribution in [1.29, 1.82) is 0 Å². The van der Waals surface area contributed by atoms with Crippen LogP contribution in [0.1, 0.15) is 51.8 Å². The van der Waals surface area contributed by atoms with Crippen LogP contribution in [0.3, 0.4) is 0 Å². The molecule has 11 heteroatoms. The lowest BCUT2D eigenvalue weighted by Gasteiger charge is -2.51. The van der Waals surface area contributed by atoms with Gasteiger partial charge < -0.3 is 19.5 Å². The van der Waals surface area contributed by atoms with Gasteiger partial charge in [0.15, 0.2) is 16.5 Å². The molecule has 0 aliphatic carbocycles. The van der Waals surface area contributed by atoms with Crippen LogP contribution < -0.4 is 9.64 Å². The van der Waals surface area contributed by atoms with Gasteiger partial charge in [0.05, 0.1) is 24.0 Å². The van der Waals surface area contributed by atoms with Crippen LogP contribution in [0.15, 0.2) is 0 Å². The third kappa shape index (κ3) is 3.32. The third-order valence-electron chi connectivity index (χ3n) is 7.35. The van der Waals surface area contributed by atoms with Gasteiger partial charge in [0.25, 0.3) is 0 Å². The Balaban J connectivity index is 1.74. The predicted molar refractivity (Wildman–Crippen MR) is 127 cm³/mol. The number of piperazine rings is 1. The number of carboxylic acids is 1. The Labute approximate surface area is 207 Å². The molecule has 2 saturated heterocycles. The number of aromatic nitrogens is 2. The number of carbonyl (C=O) groups is 2. The van der Waals surface area contributed by atoms with Gasteiger partial charge in [-0.1, -0.05) is 11.6 Å².